The van der Waals surface area contributed by atoms with Crippen molar-refractivity contribution in [3.63, 3.8) is 0 Å². The molecule has 2 aromatic heterocycles. The van der Waals surface area contributed by atoms with E-state index < -0.39 is 17.6 Å². The average molecular weight is 354 g/mol. The number of nitrogens with zero attached hydrogens (tertiary/aromatic N) is 4. The largest absolute Gasteiger partial charge is 0.478 e. The minimum atomic E-state index is -1.04. The Kier molecular flexibility index (Phi) is 2.95. The molecule has 0 bridgehead atoms. The van der Waals surface area contributed by atoms with E-state index in [4.69, 9.17) is 0 Å². The second kappa shape index (κ2) is 5.10. The predicted octanol–water partition coefficient (Wildman–Crippen LogP) is 3.69. The van der Waals surface area contributed by atoms with Gasteiger partial charge in [0.2, 0.25) is 5.95 Å². The Morgan fingerprint density at radius 3 is 2.58 bits per heavy atom. The lowest BCUT2D eigenvalue weighted by Gasteiger charge is -2.09. The number of halogens is 2. The molecule has 0 amide bonds. The Hall–Kier alpha value is -3.29. The molecule has 2 aromatic carbocycles. The van der Waals surface area contributed by atoms with Gasteiger partial charge in [-0.2, -0.15) is 0 Å². The minimum absolute atomic E-state index is 0.130. The van der Waals surface area contributed by atoms with E-state index in [9.17, 15) is 18.7 Å². The number of hydrogen-bond acceptors (Lipinski definition) is 3. The van der Waals surface area contributed by atoms with Crippen LogP contribution in [0.4, 0.5) is 8.78 Å². The van der Waals surface area contributed by atoms with Crippen LogP contribution in [-0.4, -0.2) is 30.2 Å². The van der Waals surface area contributed by atoms with Gasteiger partial charge in [0.15, 0.2) is 11.6 Å². The van der Waals surface area contributed by atoms with Crippen LogP contribution >= 0.6 is 0 Å². The summed E-state index contributed by atoms with van der Waals surface area (Å²) in [4.78, 5) is 20.0. The van der Waals surface area contributed by atoms with Crippen molar-refractivity contribution in [2.24, 2.45) is 0 Å². The molecule has 0 aliphatic heterocycles. The summed E-state index contributed by atoms with van der Waals surface area (Å²) < 4.78 is 30.9. The fraction of sp³-hybridized carbons (Fsp3) is 0.167. The molecule has 1 aliphatic rings. The zero-order chi connectivity index (χ0) is 18.0. The number of carboxylic acids is 1. The Morgan fingerprint density at radius 2 is 1.85 bits per heavy atom. The van der Waals surface area contributed by atoms with E-state index in [0.29, 0.717) is 28.0 Å². The van der Waals surface area contributed by atoms with Gasteiger partial charge >= 0.3 is 5.97 Å². The van der Waals surface area contributed by atoms with Crippen molar-refractivity contribution in [1.29, 1.82) is 0 Å². The van der Waals surface area contributed by atoms with Crippen LogP contribution in [0.15, 0.2) is 36.7 Å². The van der Waals surface area contributed by atoms with Crippen LogP contribution in [0.25, 0.3) is 28.0 Å². The summed E-state index contributed by atoms with van der Waals surface area (Å²) >= 11 is 0. The summed E-state index contributed by atoms with van der Waals surface area (Å²) in [6, 6.07) is 7.01. The molecule has 2 heterocycles. The van der Waals surface area contributed by atoms with Crippen molar-refractivity contribution in [1.82, 2.24) is 19.1 Å². The third kappa shape index (κ3) is 2.11. The molecule has 0 saturated heterocycles. The number of imidazole rings is 2. The van der Waals surface area contributed by atoms with Crippen molar-refractivity contribution in [3.8, 4) is 5.95 Å². The van der Waals surface area contributed by atoms with Gasteiger partial charge in [0.05, 0.1) is 27.6 Å². The molecule has 0 unspecified atom stereocenters. The van der Waals surface area contributed by atoms with Gasteiger partial charge in [0.1, 0.15) is 6.33 Å². The van der Waals surface area contributed by atoms with Crippen molar-refractivity contribution in [2.45, 2.75) is 18.9 Å². The van der Waals surface area contributed by atoms with Gasteiger partial charge in [-0.3, -0.25) is 4.57 Å². The van der Waals surface area contributed by atoms with Gasteiger partial charge < -0.3 is 9.67 Å². The smallest absolute Gasteiger partial charge is 0.335 e. The molecule has 1 fully saturated rings. The van der Waals surface area contributed by atoms with Crippen LogP contribution in [-0.2, 0) is 0 Å². The molecule has 1 saturated carbocycles. The number of aromatic carboxylic acids is 1. The predicted molar refractivity (Wildman–Crippen MR) is 89.5 cm³/mol. The van der Waals surface area contributed by atoms with Crippen molar-refractivity contribution < 1.29 is 18.7 Å². The second-order valence-electron chi connectivity index (χ2n) is 6.39. The molecule has 1 N–H and O–H groups in total. The monoisotopic (exact) mass is 354 g/mol. The fourth-order valence-electron chi connectivity index (χ4n) is 3.24. The summed E-state index contributed by atoms with van der Waals surface area (Å²) in [6.45, 7) is 0. The normalized spacial score (nSPS) is 14.4. The van der Waals surface area contributed by atoms with Crippen LogP contribution in [0.2, 0.25) is 0 Å². The molecule has 26 heavy (non-hydrogen) atoms. The first-order chi connectivity index (χ1) is 12.5. The third-order valence-corrected chi connectivity index (χ3v) is 4.63. The number of carboxylic acid groups (broad SMARTS) is 1. The molecule has 1 aliphatic carbocycles. The quantitative estimate of drug-likeness (QED) is 0.609. The summed E-state index contributed by atoms with van der Waals surface area (Å²) in [5.74, 6) is -2.44. The van der Waals surface area contributed by atoms with E-state index in [1.807, 2.05) is 4.57 Å². The number of hydrogen-bond donors (Lipinski definition) is 1. The van der Waals surface area contributed by atoms with Gasteiger partial charge in [-0.25, -0.2) is 23.5 Å². The topological polar surface area (TPSA) is 72.9 Å². The highest BCUT2D eigenvalue weighted by atomic mass is 19.2. The van der Waals surface area contributed by atoms with Gasteiger partial charge in [-0.05, 0) is 31.0 Å². The number of carbonyl (C=O) groups is 1. The SMILES string of the molecule is O=C(O)c1ccc2ncn(-c3nc4cc(F)c(F)cc4n3C3CC3)c2c1. The lowest BCUT2D eigenvalue weighted by atomic mass is 10.2. The molecule has 130 valence electrons. The molecule has 0 spiro atoms. The molecular formula is C18H12F2N4O2. The minimum Gasteiger partial charge on any atom is -0.478 e. The standard InChI is InChI=1S/C18H12F2N4O2/c19-11-6-14-16(7-12(11)20)24(10-2-3-10)18(22-14)23-8-21-13-4-1-9(17(25)26)5-15(13)23/h1,4-8,10H,2-3H2,(H,25,26). The van der Waals surface area contributed by atoms with Gasteiger partial charge in [-0.1, -0.05) is 0 Å². The van der Waals surface area contributed by atoms with Gasteiger partial charge in [-0.15, -0.1) is 0 Å². The molecule has 4 aromatic rings. The number of rotatable bonds is 3. The second-order valence-corrected chi connectivity index (χ2v) is 6.39. The number of fused-ring (bicyclic) bond motifs is 2. The highest BCUT2D eigenvalue weighted by Crippen LogP contribution is 2.40. The Bertz CT molecular complexity index is 1210. The van der Waals surface area contributed by atoms with Crippen molar-refractivity contribution in [3.05, 3.63) is 53.9 Å². The maximum Gasteiger partial charge on any atom is 0.335 e. The molecule has 6 nitrogen and oxygen atoms in total. The van der Waals surface area contributed by atoms with E-state index in [0.717, 1.165) is 25.0 Å². The molecular weight excluding hydrogens is 342 g/mol. The lowest BCUT2D eigenvalue weighted by molar-refractivity contribution is 0.0697. The highest BCUT2D eigenvalue weighted by Gasteiger charge is 2.30. The van der Waals surface area contributed by atoms with E-state index >= 15 is 0 Å². The van der Waals surface area contributed by atoms with Crippen LogP contribution in [0.3, 0.4) is 0 Å². The molecule has 0 atom stereocenters. The van der Waals surface area contributed by atoms with Gasteiger partial charge in [0, 0.05) is 18.2 Å². The van der Waals surface area contributed by atoms with Crippen LogP contribution in [0, 0.1) is 11.6 Å². The number of aromatic nitrogens is 4. The van der Waals surface area contributed by atoms with E-state index in [1.165, 1.54) is 12.1 Å². The van der Waals surface area contributed by atoms with E-state index in [2.05, 4.69) is 9.97 Å². The third-order valence-electron chi connectivity index (χ3n) is 4.63. The first-order valence-corrected chi connectivity index (χ1v) is 8.10. The lowest BCUT2D eigenvalue weighted by Crippen LogP contribution is -2.05. The summed E-state index contributed by atoms with van der Waals surface area (Å²) in [5.41, 5.74) is 2.18. The first kappa shape index (κ1) is 15.0. The molecule has 5 rings (SSSR count). The van der Waals surface area contributed by atoms with Crippen molar-refractivity contribution >= 4 is 28.0 Å². The highest BCUT2D eigenvalue weighted by molar-refractivity contribution is 5.92. The Morgan fingerprint density at radius 1 is 1.08 bits per heavy atom. The Labute approximate surface area is 145 Å². The summed E-state index contributed by atoms with van der Waals surface area (Å²) in [6.07, 6.45) is 3.39. The van der Waals surface area contributed by atoms with Crippen LogP contribution in [0.1, 0.15) is 29.2 Å². The average Bonchev–Trinajstić information content (AvgIpc) is 3.26. The zero-order valence-electron chi connectivity index (χ0n) is 13.4. The first-order valence-electron chi connectivity index (χ1n) is 8.10. The van der Waals surface area contributed by atoms with E-state index in [1.54, 1.807) is 17.0 Å². The maximum atomic E-state index is 13.8. The van der Waals surface area contributed by atoms with Gasteiger partial charge in [0.25, 0.3) is 0 Å². The number of benzene rings is 2. The zero-order valence-corrected chi connectivity index (χ0v) is 13.4. The Balaban J connectivity index is 1.81. The molecule has 0 radical (unpaired) electrons. The molecule has 8 heteroatoms. The van der Waals surface area contributed by atoms with Crippen LogP contribution < -0.4 is 0 Å². The van der Waals surface area contributed by atoms with Crippen molar-refractivity contribution in [2.75, 3.05) is 0 Å². The fourth-order valence-corrected chi connectivity index (χ4v) is 3.24. The van der Waals surface area contributed by atoms with E-state index in [-0.39, 0.29) is 11.6 Å². The summed E-state index contributed by atoms with van der Waals surface area (Å²) in [7, 11) is 0. The van der Waals surface area contributed by atoms with Crippen LogP contribution in [0.5, 0.6) is 0 Å². The maximum absolute atomic E-state index is 13.8. The summed E-state index contributed by atoms with van der Waals surface area (Å²) in [5, 5.41) is 9.24.